The van der Waals surface area contributed by atoms with Gasteiger partial charge in [0.25, 0.3) is 0 Å². The largest absolute Gasteiger partial charge is 0.383 e. The maximum atomic E-state index is 5.20. The van der Waals surface area contributed by atoms with E-state index in [1.165, 1.54) is 0 Å². The van der Waals surface area contributed by atoms with Crippen molar-refractivity contribution in [1.29, 1.82) is 0 Å². The van der Waals surface area contributed by atoms with Crippen LogP contribution in [-0.4, -0.2) is 36.4 Å². The average Bonchev–Trinajstić information content (AvgIpc) is 2.79. The van der Waals surface area contributed by atoms with Crippen LogP contribution in [0.1, 0.15) is 24.8 Å². The van der Waals surface area contributed by atoms with E-state index >= 15 is 0 Å². The van der Waals surface area contributed by atoms with Crippen LogP contribution in [0.5, 0.6) is 0 Å². The Kier molecular flexibility index (Phi) is 6.39. The Hall–Kier alpha value is -0.720. The van der Waals surface area contributed by atoms with Gasteiger partial charge < -0.3 is 15.4 Å². The summed E-state index contributed by atoms with van der Waals surface area (Å²) >= 11 is 6.87. The molecule has 1 rings (SSSR count). The van der Waals surface area contributed by atoms with Gasteiger partial charge in [0.05, 0.1) is 11.6 Å². The fourth-order valence-electron chi connectivity index (χ4n) is 1.38. The molecule has 0 aliphatic carbocycles. The molecule has 1 heterocycles. The topological polar surface area (TPSA) is 46.2 Å². The van der Waals surface area contributed by atoms with Gasteiger partial charge in [-0.15, -0.1) is 11.3 Å². The molecule has 0 bridgehead atoms. The molecule has 96 valence electrons. The Morgan fingerprint density at radius 2 is 2.35 bits per heavy atom. The van der Waals surface area contributed by atoms with E-state index < -0.39 is 0 Å². The molecule has 2 unspecified atom stereocenters. The third-order valence-corrected chi connectivity index (χ3v) is 3.51. The SMILES string of the molecule is COCC(C)NC(=S)NCC(C)c1nccs1. The van der Waals surface area contributed by atoms with Crippen LogP contribution >= 0.6 is 23.6 Å². The van der Waals surface area contributed by atoms with Gasteiger partial charge in [-0.2, -0.15) is 0 Å². The fraction of sp³-hybridized carbons (Fsp3) is 0.636. The van der Waals surface area contributed by atoms with Crippen molar-refractivity contribution in [3.8, 4) is 0 Å². The van der Waals surface area contributed by atoms with Gasteiger partial charge in [-0.1, -0.05) is 6.92 Å². The van der Waals surface area contributed by atoms with E-state index in [9.17, 15) is 0 Å². The first kappa shape index (κ1) is 14.3. The standard InChI is InChI=1S/C11H19N3OS2/c1-8(10-12-4-5-17-10)6-13-11(16)14-9(2)7-15-3/h4-5,8-9H,6-7H2,1-3H3,(H2,13,14,16). The number of thiazole rings is 1. The molecule has 1 aromatic rings. The molecule has 0 amide bonds. The summed E-state index contributed by atoms with van der Waals surface area (Å²) in [6.07, 6.45) is 1.83. The second-order valence-electron chi connectivity index (χ2n) is 3.98. The van der Waals surface area contributed by atoms with Crippen LogP contribution in [-0.2, 0) is 4.74 Å². The summed E-state index contributed by atoms with van der Waals surface area (Å²) in [6.45, 7) is 5.59. The first-order valence-electron chi connectivity index (χ1n) is 5.56. The van der Waals surface area contributed by atoms with E-state index in [-0.39, 0.29) is 6.04 Å². The van der Waals surface area contributed by atoms with Crippen molar-refractivity contribution in [2.45, 2.75) is 25.8 Å². The summed E-state index contributed by atoms with van der Waals surface area (Å²) in [6, 6.07) is 0.218. The lowest BCUT2D eigenvalue weighted by Gasteiger charge is -2.17. The zero-order chi connectivity index (χ0) is 12.7. The molecule has 0 aliphatic rings. The Balaban J connectivity index is 2.24. The van der Waals surface area contributed by atoms with Gasteiger partial charge in [0, 0.05) is 37.2 Å². The Morgan fingerprint density at radius 1 is 1.59 bits per heavy atom. The maximum absolute atomic E-state index is 5.20. The quantitative estimate of drug-likeness (QED) is 0.773. The molecule has 2 N–H and O–H groups in total. The van der Waals surface area contributed by atoms with Crippen molar-refractivity contribution in [3.05, 3.63) is 16.6 Å². The van der Waals surface area contributed by atoms with Gasteiger partial charge in [-0.3, -0.25) is 0 Å². The van der Waals surface area contributed by atoms with Crippen molar-refractivity contribution >= 4 is 28.7 Å². The first-order chi connectivity index (χ1) is 8.13. The zero-order valence-electron chi connectivity index (χ0n) is 10.4. The Labute approximate surface area is 112 Å². The number of methoxy groups -OCH3 is 1. The van der Waals surface area contributed by atoms with Gasteiger partial charge in [0.15, 0.2) is 5.11 Å². The third kappa shape index (κ3) is 5.43. The molecule has 2 atom stereocenters. The molecule has 6 heteroatoms. The highest BCUT2D eigenvalue weighted by Crippen LogP contribution is 2.16. The number of hydrogen-bond donors (Lipinski definition) is 2. The number of nitrogens with zero attached hydrogens (tertiary/aromatic N) is 1. The van der Waals surface area contributed by atoms with Crippen LogP contribution < -0.4 is 10.6 Å². The van der Waals surface area contributed by atoms with Crippen LogP contribution in [0.25, 0.3) is 0 Å². The molecular weight excluding hydrogens is 254 g/mol. The second-order valence-corrected chi connectivity index (χ2v) is 5.32. The lowest BCUT2D eigenvalue weighted by Crippen LogP contribution is -2.43. The van der Waals surface area contributed by atoms with E-state index in [1.54, 1.807) is 18.4 Å². The highest BCUT2D eigenvalue weighted by molar-refractivity contribution is 7.80. The molecule has 0 saturated heterocycles. The minimum Gasteiger partial charge on any atom is -0.383 e. The van der Waals surface area contributed by atoms with Crippen molar-refractivity contribution in [2.24, 2.45) is 0 Å². The van der Waals surface area contributed by atoms with E-state index in [4.69, 9.17) is 17.0 Å². The van der Waals surface area contributed by atoms with Gasteiger partial charge in [-0.25, -0.2) is 4.98 Å². The summed E-state index contributed by atoms with van der Waals surface area (Å²) in [5.41, 5.74) is 0. The maximum Gasteiger partial charge on any atom is 0.166 e. The minimum absolute atomic E-state index is 0.218. The molecule has 0 radical (unpaired) electrons. The van der Waals surface area contributed by atoms with Crippen LogP contribution in [0.3, 0.4) is 0 Å². The predicted octanol–water partition coefficient (Wildman–Crippen LogP) is 1.75. The Bertz CT molecular complexity index is 329. The molecular formula is C11H19N3OS2. The van der Waals surface area contributed by atoms with E-state index in [0.717, 1.165) is 11.6 Å². The summed E-state index contributed by atoms with van der Waals surface area (Å²) in [5, 5.41) is 10.1. The van der Waals surface area contributed by atoms with Crippen LogP contribution in [0.2, 0.25) is 0 Å². The van der Waals surface area contributed by atoms with E-state index in [2.05, 4.69) is 22.5 Å². The van der Waals surface area contributed by atoms with Crippen molar-refractivity contribution in [2.75, 3.05) is 20.3 Å². The van der Waals surface area contributed by atoms with Crippen molar-refractivity contribution in [1.82, 2.24) is 15.6 Å². The highest BCUT2D eigenvalue weighted by Gasteiger charge is 2.09. The third-order valence-electron chi connectivity index (χ3n) is 2.24. The molecule has 17 heavy (non-hydrogen) atoms. The number of thiocarbonyl (C=S) groups is 1. The zero-order valence-corrected chi connectivity index (χ0v) is 12.0. The number of rotatable bonds is 6. The molecule has 0 spiro atoms. The lowest BCUT2D eigenvalue weighted by molar-refractivity contribution is 0.179. The number of aromatic nitrogens is 1. The predicted molar refractivity (Wildman–Crippen MR) is 75.6 cm³/mol. The number of nitrogens with one attached hydrogen (secondary N) is 2. The van der Waals surface area contributed by atoms with E-state index in [0.29, 0.717) is 17.6 Å². The average molecular weight is 273 g/mol. The van der Waals surface area contributed by atoms with Crippen molar-refractivity contribution < 1.29 is 4.74 Å². The fourth-order valence-corrected chi connectivity index (χ4v) is 2.36. The first-order valence-corrected chi connectivity index (χ1v) is 6.85. The molecule has 0 saturated carbocycles. The monoisotopic (exact) mass is 273 g/mol. The van der Waals surface area contributed by atoms with E-state index in [1.807, 2.05) is 18.5 Å². The highest BCUT2D eigenvalue weighted by atomic mass is 32.1. The summed E-state index contributed by atoms with van der Waals surface area (Å²) < 4.78 is 5.03. The van der Waals surface area contributed by atoms with Gasteiger partial charge in [-0.05, 0) is 19.1 Å². The lowest BCUT2D eigenvalue weighted by atomic mass is 10.2. The second kappa shape index (κ2) is 7.58. The van der Waals surface area contributed by atoms with Gasteiger partial charge >= 0.3 is 0 Å². The van der Waals surface area contributed by atoms with Crippen LogP contribution in [0.4, 0.5) is 0 Å². The smallest absolute Gasteiger partial charge is 0.166 e. The minimum atomic E-state index is 0.218. The van der Waals surface area contributed by atoms with Gasteiger partial charge in [0.1, 0.15) is 0 Å². The normalized spacial score (nSPS) is 14.1. The van der Waals surface area contributed by atoms with Gasteiger partial charge in [0.2, 0.25) is 0 Å². The summed E-state index contributed by atoms with van der Waals surface area (Å²) in [5.74, 6) is 0.368. The molecule has 1 aromatic heterocycles. The summed E-state index contributed by atoms with van der Waals surface area (Å²) in [7, 11) is 1.68. The number of hydrogen-bond acceptors (Lipinski definition) is 4. The summed E-state index contributed by atoms with van der Waals surface area (Å²) in [4.78, 5) is 4.28. The molecule has 0 aliphatic heterocycles. The molecule has 4 nitrogen and oxygen atoms in total. The Morgan fingerprint density at radius 3 is 2.94 bits per heavy atom. The molecule has 0 aromatic carbocycles. The molecule has 0 fully saturated rings. The number of ether oxygens (including phenoxy) is 1. The van der Waals surface area contributed by atoms with Crippen molar-refractivity contribution in [3.63, 3.8) is 0 Å². The van der Waals surface area contributed by atoms with Crippen LogP contribution in [0, 0.1) is 0 Å². The van der Waals surface area contributed by atoms with Crippen LogP contribution in [0.15, 0.2) is 11.6 Å².